The van der Waals surface area contributed by atoms with Crippen LogP contribution in [0.25, 0.3) is 0 Å². The van der Waals surface area contributed by atoms with Crippen LogP contribution in [-0.4, -0.2) is 22.8 Å². The summed E-state index contributed by atoms with van der Waals surface area (Å²) in [5.74, 6) is -4.38. The van der Waals surface area contributed by atoms with Crippen LogP contribution >= 0.6 is 0 Å². The molecule has 0 aromatic heterocycles. The molecule has 1 heterocycles. The van der Waals surface area contributed by atoms with Crippen molar-refractivity contribution in [1.82, 2.24) is 4.90 Å². The molecule has 6 heteroatoms. The third-order valence-corrected chi connectivity index (χ3v) is 4.17. The Morgan fingerprint density at radius 1 is 0.960 bits per heavy atom. The molecule has 0 fully saturated rings. The molecule has 0 saturated heterocycles. The molecular weight excluding hydrogens is 331 g/mol. The minimum Gasteiger partial charge on any atom is -0.271 e. The summed E-state index contributed by atoms with van der Waals surface area (Å²) >= 11 is 0. The van der Waals surface area contributed by atoms with Gasteiger partial charge in [-0.05, 0) is 36.6 Å². The highest BCUT2D eigenvalue weighted by Gasteiger charge is 2.39. The number of hydrogen-bond acceptors (Lipinski definition) is 2. The number of hydrogen-bond donors (Lipinski definition) is 0. The van der Waals surface area contributed by atoms with Crippen LogP contribution in [-0.2, 0) is 6.42 Å². The largest absolute Gasteiger partial charge is 0.271 e. The van der Waals surface area contributed by atoms with Gasteiger partial charge in [0.05, 0.1) is 11.1 Å². The van der Waals surface area contributed by atoms with E-state index >= 15 is 0 Å². The van der Waals surface area contributed by atoms with E-state index in [2.05, 4.69) is 6.58 Å². The monoisotopic (exact) mass is 345 g/mol. The Balaban J connectivity index is 1.95. The first-order chi connectivity index (χ1) is 11.9. The van der Waals surface area contributed by atoms with Crippen LogP contribution in [0.3, 0.4) is 0 Å². The van der Waals surface area contributed by atoms with E-state index in [1.165, 1.54) is 6.08 Å². The van der Waals surface area contributed by atoms with Crippen molar-refractivity contribution in [2.75, 3.05) is 0 Å². The number of carbonyl (C=O) groups is 2. The molecule has 1 aliphatic heterocycles. The maximum absolute atomic E-state index is 14.0. The maximum Gasteiger partial charge on any atom is 0.261 e. The Bertz CT molecular complexity index is 844. The summed E-state index contributed by atoms with van der Waals surface area (Å²) in [7, 11) is 0. The van der Waals surface area contributed by atoms with Crippen molar-refractivity contribution in [3.63, 3.8) is 0 Å². The molecule has 1 atom stereocenters. The lowest BCUT2D eigenvalue weighted by Gasteiger charge is -2.25. The fourth-order valence-electron chi connectivity index (χ4n) is 2.99. The second kappa shape index (κ2) is 6.55. The fraction of sp³-hybridized carbons (Fsp3) is 0.158. The molecule has 0 spiro atoms. The van der Waals surface area contributed by atoms with Crippen LogP contribution in [0.1, 0.15) is 32.7 Å². The molecule has 0 saturated carbocycles. The fourth-order valence-corrected chi connectivity index (χ4v) is 2.99. The molecular formula is C19H14F3NO2. The lowest BCUT2D eigenvalue weighted by Crippen LogP contribution is -2.41. The number of amides is 2. The van der Waals surface area contributed by atoms with Gasteiger partial charge in [0.2, 0.25) is 0 Å². The van der Waals surface area contributed by atoms with Crippen LogP contribution in [0.2, 0.25) is 0 Å². The highest BCUT2D eigenvalue weighted by Crippen LogP contribution is 2.28. The van der Waals surface area contributed by atoms with E-state index in [1.807, 2.05) is 0 Å². The van der Waals surface area contributed by atoms with Gasteiger partial charge in [-0.25, -0.2) is 13.2 Å². The van der Waals surface area contributed by atoms with Gasteiger partial charge in [0, 0.05) is 12.1 Å². The van der Waals surface area contributed by atoms with Crippen LogP contribution < -0.4 is 0 Å². The molecule has 3 nitrogen and oxygen atoms in total. The quantitative estimate of drug-likeness (QED) is 0.468. The molecule has 0 N–H and O–H groups in total. The minimum atomic E-state index is -1.29. The van der Waals surface area contributed by atoms with Gasteiger partial charge < -0.3 is 0 Å². The van der Waals surface area contributed by atoms with Crippen molar-refractivity contribution in [1.29, 1.82) is 0 Å². The van der Waals surface area contributed by atoms with Crippen LogP contribution in [0, 0.1) is 17.5 Å². The molecule has 1 aliphatic rings. The summed E-state index contributed by atoms with van der Waals surface area (Å²) in [5, 5.41) is 0. The van der Waals surface area contributed by atoms with E-state index in [0.717, 1.165) is 11.0 Å². The topological polar surface area (TPSA) is 37.4 Å². The third-order valence-electron chi connectivity index (χ3n) is 4.17. The van der Waals surface area contributed by atoms with Gasteiger partial charge in [-0.15, -0.1) is 6.58 Å². The molecule has 128 valence electrons. The molecule has 2 amide bonds. The Kier molecular flexibility index (Phi) is 4.44. The highest BCUT2D eigenvalue weighted by molar-refractivity contribution is 6.21. The zero-order chi connectivity index (χ0) is 18.1. The summed E-state index contributed by atoms with van der Waals surface area (Å²) in [4.78, 5) is 26.2. The summed E-state index contributed by atoms with van der Waals surface area (Å²) in [6.07, 6.45) is 1.55. The van der Waals surface area contributed by atoms with Crippen LogP contribution in [0.4, 0.5) is 13.2 Å². The van der Waals surface area contributed by atoms with E-state index in [9.17, 15) is 22.8 Å². The van der Waals surface area contributed by atoms with Crippen LogP contribution in [0.15, 0.2) is 49.1 Å². The Labute approximate surface area is 142 Å². The van der Waals surface area contributed by atoms with E-state index in [4.69, 9.17) is 0 Å². The second-order valence-electron chi connectivity index (χ2n) is 5.77. The molecule has 0 bridgehead atoms. The number of halogens is 3. The zero-order valence-corrected chi connectivity index (χ0v) is 13.1. The SMILES string of the molecule is C=CC[C@@H](Cc1cc(F)c(F)cc1F)N1C(=O)c2ccccc2C1=O. The summed E-state index contributed by atoms with van der Waals surface area (Å²) in [5.41, 5.74) is 0.432. The van der Waals surface area contributed by atoms with Crippen molar-refractivity contribution in [2.45, 2.75) is 18.9 Å². The van der Waals surface area contributed by atoms with Crippen molar-refractivity contribution in [3.05, 3.63) is 83.2 Å². The Morgan fingerprint density at radius 3 is 2.08 bits per heavy atom. The van der Waals surface area contributed by atoms with Gasteiger partial charge in [0.25, 0.3) is 11.8 Å². The van der Waals surface area contributed by atoms with Crippen molar-refractivity contribution in [3.8, 4) is 0 Å². The van der Waals surface area contributed by atoms with E-state index < -0.39 is 35.3 Å². The van der Waals surface area contributed by atoms with Gasteiger partial charge in [-0.3, -0.25) is 14.5 Å². The maximum atomic E-state index is 14.0. The number of benzene rings is 2. The molecule has 2 aromatic rings. The zero-order valence-electron chi connectivity index (χ0n) is 13.1. The van der Waals surface area contributed by atoms with E-state index in [-0.39, 0.29) is 29.5 Å². The number of nitrogens with zero attached hydrogens (tertiary/aromatic N) is 1. The van der Waals surface area contributed by atoms with Crippen molar-refractivity contribution in [2.24, 2.45) is 0 Å². The molecule has 0 unspecified atom stereocenters. The number of carbonyl (C=O) groups excluding carboxylic acids is 2. The van der Waals surface area contributed by atoms with Gasteiger partial charge in [0.15, 0.2) is 11.6 Å². The predicted octanol–water partition coefficient (Wildman–Crippen LogP) is 3.89. The molecule has 3 rings (SSSR count). The normalized spacial score (nSPS) is 14.6. The predicted molar refractivity (Wildman–Crippen MR) is 85.6 cm³/mol. The Morgan fingerprint density at radius 2 is 1.52 bits per heavy atom. The first-order valence-corrected chi connectivity index (χ1v) is 7.65. The number of imide groups is 1. The standard InChI is InChI=1S/C19H14F3NO2/c1-2-5-12(8-11-9-16(21)17(22)10-15(11)20)23-18(24)13-6-3-4-7-14(13)19(23)25/h2-4,6-7,9-10,12H,1,5,8H2/t12-/m0/s1. The minimum absolute atomic E-state index is 0.109. The number of fused-ring (bicyclic) bond motifs is 1. The Hall–Kier alpha value is -2.89. The second-order valence-corrected chi connectivity index (χ2v) is 5.77. The molecule has 0 aliphatic carbocycles. The van der Waals surface area contributed by atoms with Gasteiger partial charge in [0.1, 0.15) is 5.82 Å². The molecule has 2 aromatic carbocycles. The summed E-state index contributed by atoms with van der Waals surface area (Å²) in [6, 6.07) is 6.83. The van der Waals surface area contributed by atoms with Crippen LogP contribution in [0.5, 0.6) is 0 Å². The average Bonchev–Trinajstić information content (AvgIpc) is 2.84. The van der Waals surface area contributed by atoms with E-state index in [0.29, 0.717) is 6.07 Å². The molecule has 0 radical (unpaired) electrons. The average molecular weight is 345 g/mol. The van der Waals surface area contributed by atoms with Gasteiger partial charge >= 0.3 is 0 Å². The third kappa shape index (κ3) is 2.95. The molecule has 25 heavy (non-hydrogen) atoms. The summed E-state index contributed by atoms with van der Waals surface area (Å²) < 4.78 is 40.5. The van der Waals surface area contributed by atoms with Crippen molar-refractivity contribution >= 4 is 11.8 Å². The number of rotatable bonds is 5. The van der Waals surface area contributed by atoms with E-state index in [1.54, 1.807) is 24.3 Å². The lowest BCUT2D eigenvalue weighted by atomic mass is 10.0. The van der Waals surface area contributed by atoms with Crippen molar-refractivity contribution < 1.29 is 22.8 Å². The van der Waals surface area contributed by atoms with Gasteiger partial charge in [-0.2, -0.15) is 0 Å². The van der Waals surface area contributed by atoms with Gasteiger partial charge in [-0.1, -0.05) is 18.2 Å². The highest BCUT2D eigenvalue weighted by atomic mass is 19.2. The summed E-state index contributed by atoms with van der Waals surface area (Å²) in [6.45, 7) is 3.59. The first-order valence-electron chi connectivity index (χ1n) is 7.65. The lowest BCUT2D eigenvalue weighted by molar-refractivity contribution is 0.0584. The first kappa shape index (κ1) is 17.0. The smallest absolute Gasteiger partial charge is 0.261 e.